The largest absolute Gasteiger partial charge is 0.493 e. The minimum absolute atomic E-state index is 0.00571. The van der Waals surface area contributed by atoms with Crippen LogP contribution in [0.4, 0.5) is 0 Å². The summed E-state index contributed by atoms with van der Waals surface area (Å²) in [6.45, 7) is 3.84. The van der Waals surface area contributed by atoms with E-state index in [1.54, 1.807) is 19.6 Å². The number of nitrogens with zero attached hydrogens (tertiary/aromatic N) is 1. The molecule has 5 fully saturated rings. The molecule has 0 N–H and O–H groups in total. The number of furan rings is 1. The summed E-state index contributed by atoms with van der Waals surface area (Å²) in [5.74, 6) is 3.11. The fourth-order valence-electron chi connectivity index (χ4n) is 10.3. The first-order chi connectivity index (χ1) is 18.0. The summed E-state index contributed by atoms with van der Waals surface area (Å²) in [7, 11) is 6.28. The maximum atomic E-state index is 7.14. The van der Waals surface area contributed by atoms with Crippen LogP contribution in [0.1, 0.15) is 55.2 Å². The van der Waals surface area contributed by atoms with Crippen molar-refractivity contribution in [1.29, 1.82) is 0 Å². The van der Waals surface area contributed by atoms with Crippen LogP contribution < -0.4 is 9.47 Å². The van der Waals surface area contributed by atoms with Crippen LogP contribution in [0.5, 0.6) is 11.5 Å². The van der Waals surface area contributed by atoms with Gasteiger partial charge in [-0.1, -0.05) is 6.07 Å². The third kappa shape index (κ3) is 2.72. The Morgan fingerprint density at radius 1 is 1.11 bits per heavy atom. The SMILES string of the molecule is COc1ccc2c3c1OC1C4(OC)CCC5(CC4COCc4ccoc4)C(C2)[N+](C)(CC2CC2)CCC315. The molecule has 1 aromatic heterocycles. The molecule has 4 bridgehead atoms. The Hall–Kier alpha value is -2.02. The highest BCUT2D eigenvalue weighted by molar-refractivity contribution is 5.63. The number of methoxy groups -OCH3 is 2. The number of hydrogen-bond donors (Lipinski definition) is 0. The van der Waals surface area contributed by atoms with Gasteiger partial charge in [-0.05, 0) is 49.8 Å². The number of benzene rings is 1. The third-order valence-electron chi connectivity index (χ3n) is 11.9. The predicted molar refractivity (Wildman–Crippen MR) is 138 cm³/mol. The van der Waals surface area contributed by atoms with Gasteiger partial charge in [-0.3, -0.25) is 0 Å². The van der Waals surface area contributed by atoms with E-state index in [-0.39, 0.29) is 22.5 Å². The van der Waals surface area contributed by atoms with E-state index in [2.05, 4.69) is 19.2 Å². The fourth-order valence-corrected chi connectivity index (χ4v) is 10.3. The summed E-state index contributed by atoms with van der Waals surface area (Å²) in [5.41, 5.74) is 3.92. The first-order valence-corrected chi connectivity index (χ1v) is 14.3. The molecule has 0 amide bonds. The highest BCUT2D eigenvalue weighted by Gasteiger charge is 2.83. The lowest BCUT2D eigenvalue weighted by Crippen LogP contribution is -2.83. The van der Waals surface area contributed by atoms with Gasteiger partial charge in [-0.25, -0.2) is 0 Å². The van der Waals surface area contributed by atoms with Crippen LogP contribution >= 0.6 is 0 Å². The Labute approximate surface area is 219 Å². The molecule has 7 unspecified atom stereocenters. The Morgan fingerprint density at radius 3 is 2.76 bits per heavy atom. The molecule has 9 rings (SSSR count). The van der Waals surface area contributed by atoms with E-state index in [1.165, 1.54) is 54.4 Å². The maximum Gasteiger partial charge on any atom is 0.165 e. The van der Waals surface area contributed by atoms with Crippen LogP contribution in [-0.2, 0) is 27.9 Å². The second-order valence-electron chi connectivity index (χ2n) is 13.3. The molecule has 37 heavy (non-hydrogen) atoms. The van der Waals surface area contributed by atoms with Gasteiger partial charge in [0.2, 0.25) is 0 Å². The number of fused-ring (bicyclic) bond motifs is 2. The maximum absolute atomic E-state index is 7.14. The zero-order valence-electron chi connectivity index (χ0n) is 22.5. The van der Waals surface area contributed by atoms with E-state index in [9.17, 15) is 0 Å². The molecule has 1 saturated heterocycles. The van der Waals surface area contributed by atoms with Crippen molar-refractivity contribution in [2.45, 2.75) is 74.7 Å². The van der Waals surface area contributed by atoms with Crippen molar-refractivity contribution in [3.63, 3.8) is 0 Å². The van der Waals surface area contributed by atoms with Crippen LogP contribution in [0.15, 0.2) is 35.1 Å². The van der Waals surface area contributed by atoms with Gasteiger partial charge in [-0.15, -0.1) is 0 Å². The fraction of sp³-hybridized carbons (Fsp3) is 0.677. The third-order valence-corrected chi connectivity index (χ3v) is 11.9. The van der Waals surface area contributed by atoms with Crippen LogP contribution in [0.2, 0.25) is 0 Å². The second-order valence-corrected chi connectivity index (χ2v) is 13.3. The first-order valence-electron chi connectivity index (χ1n) is 14.3. The molecule has 4 saturated carbocycles. The van der Waals surface area contributed by atoms with Crippen LogP contribution in [0, 0.1) is 17.3 Å². The Bertz CT molecular complexity index is 1220. The van der Waals surface area contributed by atoms with Gasteiger partial charge < -0.3 is 27.8 Å². The van der Waals surface area contributed by atoms with Crippen molar-refractivity contribution < 1.29 is 27.8 Å². The lowest BCUT2D eigenvalue weighted by atomic mass is 9.34. The summed E-state index contributed by atoms with van der Waals surface area (Å²) in [5, 5.41) is 0. The molecule has 7 atom stereocenters. The molecule has 198 valence electrons. The van der Waals surface area contributed by atoms with E-state index in [1.807, 2.05) is 13.2 Å². The Kier molecular flexibility index (Phi) is 4.67. The van der Waals surface area contributed by atoms with Crippen LogP contribution in [-0.4, -0.2) is 63.2 Å². The van der Waals surface area contributed by atoms with Crippen molar-refractivity contribution in [3.05, 3.63) is 47.4 Å². The molecule has 2 spiro atoms. The van der Waals surface area contributed by atoms with Crippen molar-refractivity contribution >= 4 is 0 Å². The summed E-state index contributed by atoms with van der Waals surface area (Å²) in [4.78, 5) is 0. The average Bonchev–Trinajstić information content (AvgIpc) is 3.40. The monoisotopic (exact) mass is 506 g/mol. The molecule has 2 aliphatic heterocycles. The molecule has 6 heteroatoms. The molecule has 5 aliphatic carbocycles. The van der Waals surface area contributed by atoms with Crippen LogP contribution in [0.25, 0.3) is 0 Å². The molecular formula is C31H40NO5+. The molecular weight excluding hydrogens is 466 g/mol. The number of ether oxygens (including phenoxy) is 4. The summed E-state index contributed by atoms with van der Waals surface area (Å²) < 4.78 is 32.6. The molecule has 6 nitrogen and oxygen atoms in total. The van der Waals surface area contributed by atoms with Crippen molar-refractivity contribution in [3.8, 4) is 11.5 Å². The summed E-state index contributed by atoms with van der Waals surface area (Å²) >= 11 is 0. The Morgan fingerprint density at radius 2 is 2.00 bits per heavy atom. The van der Waals surface area contributed by atoms with Gasteiger partial charge >= 0.3 is 0 Å². The lowest BCUT2D eigenvalue weighted by Gasteiger charge is -2.74. The zero-order valence-corrected chi connectivity index (χ0v) is 22.5. The standard InChI is InChI=1S/C31H40NO5/c1-32(16-20-4-5-20)12-11-30-26-22-6-7-24(33-2)27(26)37-28(30)31(34-3)10-9-29(30,25(32)14-22)15-23(31)19-36-18-21-8-13-35-17-21/h6-8,13,17,20,23,25,28H,4-5,9-12,14-16,18-19H2,1-3H3/q+1. The number of piperidine rings is 1. The average molecular weight is 507 g/mol. The van der Waals surface area contributed by atoms with Crippen molar-refractivity contribution in [2.24, 2.45) is 17.3 Å². The predicted octanol–water partition coefficient (Wildman–Crippen LogP) is 4.87. The van der Waals surface area contributed by atoms with Gasteiger partial charge in [0.25, 0.3) is 0 Å². The molecule has 3 heterocycles. The Balaban J connectivity index is 1.26. The summed E-state index contributed by atoms with van der Waals surface area (Å²) in [6.07, 6.45) is 12.1. The van der Waals surface area contributed by atoms with Gasteiger partial charge in [0.1, 0.15) is 11.7 Å². The minimum Gasteiger partial charge on any atom is -0.493 e. The van der Waals surface area contributed by atoms with Gasteiger partial charge in [0.05, 0.1) is 64.4 Å². The van der Waals surface area contributed by atoms with Crippen LogP contribution in [0.3, 0.4) is 0 Å². The number of quaternary nitrogens is 1. The second kappa shape index (κ2) is 7.55. The normalized spacial score (nSPS) is 42.4. The number of likely N-dealkylation sites (N-methyl/N-ethyl adjacent to an activating group) is 1. The minimum atomic E-state index is -0.349. The van der Waals surface area contributed by atoms with E-state index in [0.717, 1.165) is 42.2 Å². The number of rotatable bonds is 8. The number of likely N-dealkylation sites (tertiary alicyclic amines) is 1. The molecule has 1 aromatic carbocycles. The topological polar surface area (TPSA) is 50.1 Å². The number of hydrogen-bond acceptors (Lipinski definition) is 5. The van der Waals surface area contributed by atoms with E-state index < -0.39 is 0 Å². The first kappa shape index (κ1) is 22.9. The molecule has 0 radical (unpaired) electrons. The quantitative estimate of drug-likeness (QED) is 0.478. The smallest absolute Gasteiger partial charge is 0.165 e. The van der Waals surface area contributed by atoms with Crippen molar-refractivity contribution in [2.75, 3.05) is 41.0 Å². The van der Waals surface area contributed by atoms with E-state index in [0.29, 0.717) is 25.2 Å². The van der Waals surface area contributed by atoms with Crippen molar-refractivity contribution in [1.82, 2.24) is 0 Å². The zero-order chi connectivity index (χ0) is 25.0. The summed E-state index contributed by atoms with van der Waals surface area (Å²) in [6, 6.07) is 7.11. The molecule has 2 aromatic rings. The van der Waals surface area contributed by atoms with E-state index in [4.69, 9.17) is 23.4 Å². The van der Waals surface area contributed by atoms with Gasteiger partial charge in [0.15, 0.2) is 11.5 Å². The van der Waals surface area contributed by atoms with Gasteiger partial charge in [-0.2, -0.15) is 0 Å². The van der Waals surface area contributed by atoms with E-state index >= 15 is 0 Å². The molecule has 7 aliphatic rings. The van der Waals surface area contributed by atoms with Gasteiger partial charge in [0, 0.05) is 48.3 Å². The highest BCUT2D eigenvalue weighted by atomic mass is 16.6. The highest BCUT2D eigenvalue weighted by Crippen LogP contribution is 2.77. The lowest BCUT2D eigenvalue weighted by molar-refractivity contribution is -0.952.